The normalized spacial score (nSPS) is 15.9. The molecule has 0 radical (unpaired) electrons. The van der Waals surface area contributed by atoms with E-state index in [2.05, 4.69) is 5.10 Å². The second kappa shape index (κ2) is 6.94. The lowest BCUT2D eigenvalue weighted by Gasteiger charge is -2.22. The molecule has 118 valence electrons. The quantitative estimate of drug-likeness (QED) is 0.922. The summed E-state index contributed by atoms with van der Waals surface area (Å²) in [6.45, 7) is 2.47. The molecule has 1 fully saturated rings. The first-order valence-electron chi connectivity index (χ1n) is 7.70. The highest BCUT2D eigenvalue weighted by Crippen LogP contribution is 2.27. The molecular formula is C17H22N2O3. The monoisotopic (exact) mass is 302 g/mol. The third-order valence-corrected chi connectivity index (χ3v) is 4.13. The van der Waals surface area contributed by atoms with Crippen LogP contribution in [0.5, 0.6) is 5.75 Å². The average Bonchev–Trinajstić information content (AvgIpc) is 2.99. The second-order valence-corrected chi connectivity index (χ2v) is 5.65. The Morgan fingerprint density at radius 1 is 1.32 bits per heavy atom. The number of aliphatic hydroxyl groups excluding tert-OH is 1. The van der Waals surface area contributed by atoms with Gasteiger partial charge in [-0.2, -0.15) is 5.10 Å². The van der Waals surface area contributed by atoms with Crippen LogP contribution in [0.15, 0.2) is 30.3 Å². The Labute approximate surface area is 130 Å². The van der Waals surface area contributed by atoms with E-state index < -0.39 is 0 Å². The van der Waals surface area contributed by atoms with Crippen molar-refractivity contribution in [2.45, 2.75) is 26.0 Å². The van der Waals surface area contributed by atoms with Crippen LogP contribution < -0.4 is 4.74 Å². The fourth-order valence-corrected chi connectivity index (χ4v) is 2.87. The van der Waals surface area contributed by atoms with Crippen molar-refractivity contribution in [3.05, 3.63) is 36.0 Å². The lowest BCUT2D eigenvalue weighted by molar-refractivity contribution is 0.0602. The summed E-state index contributed by atoms with van der Waals surface area (Å²) in [7, 11) is 1.66. The highest BCUT2D eigenvalue weighted by Gasteiger charge is 2.18. The smallest absolute Gasteiger partial charge is 0.119 e. The van der Waals surface area contributed by atoms with Gasteiger partial charge < -0.3 is 14.6 Å². The third kappa shape index (κ3) is 3.31. The Kier molecular flexibility index (Phi) is 4.75. The minimum absolute atomic E-state index is 0.0439. The summed E-state index contributed by atoms with van der Waals surface area (Å²) in [4.78, 5) is 0. The van der Waals surface area contributed by atoms with Crippen molar-refractivity contribution < 1.29 is 14.6 Å². The number of hydrogen-bond donors (Lipinski definition) is 1. The Hall–Kier alpha value is -1.85. The van der Waals surface area contributed by atoms with Crippen LogP contribution >= 0.6 is 0 Å². The first-order chi connectivity index (χ1) is 10.8. The SMILES string of the molecule is COc1cccc(-c2cc(CO)nn2CC2CCOCC2)c1. The number of hydrogen-bond acceptors (Lipinski definition) is 4. The van der Waals surface area contributed by atoms with Gasteiger partial charge in [-0.3, -0.25) is 4.68 Å². The molecule has 2 aromatic rings. The fourth-order valence-electron chi connectivity index (χ4n) is 2.87. The first-order valence-corrected chi connectivity index (χ1v) is 7.70. The maximum atomic E-state index is 9.41. The number of aliphatic hydroxyl groups is 1. The summed E-state index contributed by atoms with van der Waals surface area (Å²) in [5, 5.41) is 13.9. The van der Waals surface area contributed by atoms with Gasteiger partial charge in [0.15, 0.2) is 0 Å². The summed E-state index contributed by atoms with van der Waals surface area (Å²) >= 11 is 0. The fraction of sp³-hybridized carbons (Fsp3) is 0.471. The van der Waals surface area contributed by atoms with E-state index in [4.69, 9.17) is 9.47 Å². The molecule has 1 saturated heterocycles. The summed E-state index contributed by atoms with van der Waals surface area (Å²) in [5.74, 6) is 1.39. The molecule has 0 saturated carbocycles. The number of ether oxygens (including phenoxy) is 2. The number of nitrogens with zero attached hydrogens (tertiary/aromatic N) is 2. The van der Waals surface area contributed by atoms with Gasteiger partial charge in [0.2, 0.25) is 0 Å². The van der Waals surface area contributed by atoms with E-state index in [1.54, 1.807) is 7.11 Å². The third-order valence-electron chi connectivity index (χ3n) is 4.13. The van der Waals surface area contributed by atoms with Gasteiger partial charge in [-0.1, -0.05) is 12.1 Å². The summed E-state index contributed by atoms with van der Waals surface area (Å²) in [6.07, 6.45) is 2.12. The predicted octanol–water partition coefficient (Wildman–Crippen LogP) is 2.48. The van der Waals surface area contributed by atoms with Crippen molar-refractivity contribution >= 4 is 0 Å². The van der Waals surface area contributed by atoms with E-state index in [1.165, 1.54) is 0 Å². The average molecular weight is 302 g/mol. The van der Waals surface area contributed by atoms with Crippen LogP contribution in [0.2, 0.25) is 0 Å². The number of rotatable bonds is 5. The summed E-state index contributed by atoms with van der Waals surface area (Å²) in [6, 6.07) is 9.89. The van der Waals surface area contributed by atoms with Gasteiger partial charge in [0.05, 0.1) is 25.1 Å². The van der Waals surface area contributed by atoms with E-state index >= 15 is 0 Å². The lowest BCUT2D eigenvalue weighted by atomic mass is 10.0. The molecule has 0 spiro atoms. The molecule has 1 aromatic heterocycles. The van der Waals surface area contributed by atoms with Crippen molar-refractivity contribution in [1.29, 1.82) is 0 Å². The molecule has 3 rings (SSSR count). The number of benzene rings is 1. The van der Waals surface area contributed by atoms with Crippen LogP contribution in [-0.2, 0) is 17.9 Å². The van der Waals surface area contributed by atoms with Crippen molar-refractivity contribution in [3.8, 4) is 17.0 Å². The molecule has 0 atom stereocenters. The molecule has 1 aliphatic heterocycles. The Bertz CT molecular complexity index is 618. The van der Waals surface area contributed by atoms with E-state index in [0.717, 1.165) is 49.6 Å². The summed E-state index contributed by atoms with van der Waals surface area (Å²) < 4.78 is 12.7. The molecule has 0 amide bonds. The van der Waals surface area contributed by atoms with Crippen LogP contribution in [0.3, 0.4) is 0 Å². The highest BCUT2D eigenvalue weighted by atomic mass is 16.5. The summed E-state index contributed by atoms with van der Waals surface area (Å²) in [5.41, 5.74) is 2.78. The van der Waals surface area contributed by atoms with Gasteiger partial charge in [0.1, 0.15) is 5.75 Å². The maximum Gasteiger partial charge on any atom is 0.119 e. The Morgan fingerprint density at radius 3 is 2.86 bits per heavy atom. The molecule has 1 aliphatic rings. The lowest BCUT2D eigenvalue weighted by Crippen LogP contribution is -2.21. The van der Waals surface area contributed by atoms with Gasteiger partial charge in [-0.25, -0.2) is 0 Å². The molecule has 5 nitrogen and oxygen atoms in total. The molecule has 1 N–H and O–H groups in total. The highest BCUT2D eigenvalue weighted by molar-refractivity contribution is 5.62. The van der Waals surface area contributed by atoms with Crippen molar-refractivity contribution in [2.75, 3.05) is 20.3 Å². The van der Waals surface area contributed by atoms with Gasteiger partial charge in [0.25, 0.3) is 0 Å². The molecule has 0 unspecified atom stereocenters. The molecular weight excluding hydrogens is 280 g/mol. The predicted molar refractivity (Wildman–Crippen MR) is 83.7 cm³/mol. The van der Waals surface area contributed by atoms with Crippen LogP contribution in [0.4, 0.5) is 0 Å². The zero-order chi connectivity index (χ0) is 15.4. The molecule has 2 heterocycles. The van der Waals surface area contributed by atoms with Gasteiger partial charge in [-0.05, 0) is 37.0 Å². The second-order valence-electron chi connectivity index (χ2n) is 5.65. The molecule has 0 bridgehead atoms. The van der Waals surface area contributed by atoms with Crippen molar-refractivity contribution in [2.24, 2.45) is 5.92 Å². The maximum absolute atomic E-state index is 9.41. The molecule has 5 heteroatoms. The molecule has 22 heavy (non-hydrogen) atoms. The van der Waals surface area contributed by atoms with Crippen LogP contribution in [-0.4, -0.2) is 35.2 Å². The minimum Gasteiger partial charge on any atom is -0.497 e. The van der Waals surface area contributed by atoms with Crippen LogP contribution in [0.1, 0.15) is 18.5 Å². The van der Waals surface area contributed by atoms with Gasteiger partial charge >= 0.3 is 0 Å². The van der Waals surface area contributed by atoms with Crippen molar-refractivity contribution in [1.82, 2.24) is 9.78 Å². The zero-order valence-electron chi connectivity index (χ0n) is 12.9. The first kappa shape index (κ1) is 15.1. The van der Waals surface area contributed by atoms with Gasteiger partial charge in [0, 0.05) is 25.3 Å². The Morgan fingerprint density at radius 2 is 2.14 bits per heavy atom. The Balaban J connectivity index is 1.89. The standard InChI is InChI=1S/C17H22N2O3/c1-21-16-4-2-3-14(9-16)17-10-15(12-20)18-19(17)11-13-5-7-22-8-6-13/h2-4,9-10,13,20H,5-8,11-12H2,1H3. The van der Waals surface area contributed by atoms with E-state index in [1.807, 2.05) is 35.0 Å². The van der Waals surface area contributed by atoms with Crippen LogP contribution in [0, 0.1) is 5.92 Å². The van der Waals surface area contributed by atoms with E-state index in [-0.39, 0.29) is 6.61 Å². The van der Waals surface area contributed by atoms with E-state index in [9.17, 15) is 5.11 Å². The molecule has 0 aliphatic carbocycles. The van der Waals surface area contributed by atoms with Crippen LogP contribution in [0.25, 0.3) is 11.3 Å². The zero-order valence-corrected chi connectivity index (χ0v) is 12.9. The topological polar surface area (TPSA) is 56.5 Å². The number of aromatic nitrogens is 2. The largest absolute Gasteiger partial charge is 0.497 e. The molecule has 1 aromatic carbocycles. The van der Waals surface area contributed by atoms with Crippen molar-refractivity contribution in [3.63, 3.8) is 0 Å². The van der Waals surface area contributed by atoms with Gasteiger partial charge in [-0.15, -0.1) is 0 Å². The number of methoxy groups -OCH3 is 1. The van der Waals surface area contributed by atoms with E-state index in [0.29, 0.717) is 11.6 Å². The minimum atomic E-state index is -0.0439.